The van der Waals surface area contributed by atoms with Crippen molar-refractivity contribution in [2.24, 2.45) is 0 Å². The van der Waals surface area contributed by atoms with Crippen LogP contribution in [-0.4, -0.2) is 10.1 Å². The SMILES string of the molecule is Cc1cncc(-c2cc(CO)ccc2C)c1. The van der Waals surface area contributed by atoms with Crippen LogP contribution in [0.2, 0.25) is 0 Å². The zero-order chi connectivity index (χ0) is 11.5. The molecule has 2 aromatic rings. The van der Waals surface area contributed by atoms with E-state index in [-0.39, 0.29) is 6.61 Å². The largest absolute Gasteiger partial charge is 0.392 e. The molecule has 0 radical (unpaired) electrons. The van der Waals surface area contributed by atoms with Crippen molar-refractivity contribution in [3.63, 3.8) is 0 Å². The molecule has 2 nitrogen and oxygen atoms in total. The summed E-state index contributed by atoms with van der Waals surface area (Å²) in [6.45, 7) is 4.17. The second-order valence-electron chi connectivity index (χ2n) is 4.06. The Labute approximate surface area is 95.6 Å². The van der Waals surface area contributed by atoms with E-state index < -0.39 is 0 Å². The summed E-state index contributed by atoms with van der Waals surface area (Å²) in [5.41, 5.74) is 5.52. The molecular weight excluding hydrogens is 198 g/mol. The summed E-state index contributed by atoms with van der Waals surface area (Å²) >= 11 is 0. The van der Waals surface area contributed by atoms with E-state index in [2.05, 4.69) is 18.0 Å². The average molecular weight is 213 g/mol. The minimum atomic E-state index is 0.0759. The summed E-state index contributed by atoms with van der Waals surface area (Å²) in [7, 11) is 0. The lowest BCUT2D eigenvalue weighted by Crippen LogP contribution is -1.89. The Morgan fingerprint density at radius 2 is 1.94 bits per heavy atom. The fourth-order valence-corrected chi connectivity index (χ4v) is 1.78. The first kappa shape index (κ1) is 10.8. The maximum absolute atomic E-state index is 9.14. The molecule has 0 atom stereocenters. The Morgan fingerprint density at radius 3 is 2.62 bits per heavy atom. The van der Waals surface area contributed by atoms with Gasteiger partial charge in [0.05, 0.1) is 6.61 Å². The van der Waals surface area contributed by atoms with E-state index in [4.69, 9.17) is 5.11 Å². The van der Waals surface area contributed by atoms with Crippen LogP contribution in [0.25, 0.3) is 11.1 Å². The number of hydrogen-bond acceptors (Lipinski definition) is 2. The summed E-state index contributed by atoms with van der Waals surface area (Å²) in [6, 6.07) is 8.10. The standard InChI is InChI=1S/C14H15NO/c1-10-5-13(8-15-7-10)14-6-12(9-16)4-3-11(14)2/h3-8,16H,9H2,1-2H3. The van der Waals surface area contributed by atoms with E-state index in [1.54, 1.807) is 0 Å². The van der Waals surface area contributed by atoms with Gasteiger partial charge in [0.15, 0.2) is 0 Å². The molecule has 0 aliphatic heterocycles. The van der Waals surface area contributed by atoms with Crippen LogP contribution in [-0.2, 0) is 6.61 Å². The van der Waals surface area contributed by atoms with Crippen molar-refractivity contribution in [3.05, 3.63) is 53.3 Å². The maximum atomic E-state index is 9.14. The van der Waals surface area contributed by atoms with Crippen molar-refractivity contribution >= 4 is 0 Å². The number of nitrogens with zero attached hydrogens (tertiary/aromatic N) is 1. The summed E-state index contributed by atoms with van der Waals surface area (Å²) in [5, 5.41) is 9.14. The minimum absolute atomic E-state index is 0.0759. The Morgan fingerprint density at radius 1 is 1.12 bits per heavy atom. The van der Waals surface area contributed by atoms with Crippen LogP contribution in [0, 0.1) is 13.8 Å². The predicted octanol–water partition coefficient (Wildman–Crippen LogP) is 2.86. The van der Waals surface area contributed by atoms with Crippen LogP contribution in [0.5, 0.6) is 0 Å². The smallest absolute Gasteiger partial charge is 0.0682 e. The summed E-state index contributed by atoms with van der Waals surface area (Å²) in [5.74, 6) is 0. The van der Waals surface area contributed by atoms with Crippen LogP contribution < -0.4 is 0 Å². The van der Waals surface area contributed by atoms with Crippen LogP contribution in [0.4, 0.5) is 0 Å². The van der Waals surface area contributed by atoms with Crippen LogP contribution >= 0.6 is 0 Å². The molecule has 1 heterocycles. The lowest BCUT2D eigenvalue weighted by Gasteiger charge is -2.08. The first-order chi connectivity index (χ1) is 7.70. The Kier molecular flexibility index (Phi) is 3.02. The van der Waals surface area contributed by atoms with Gasteiger partial charge in [-0.3, -0.25) is 4.98 Å². The van der Waals surface area contributed by atoms with Crippen LogP contribution in [0.3, 0.4) is 0 Å². The van der Waals surface area contributed by atoms with Gasteiger partial charge in [0.1, 0.15) is 0 Å². The summed E-state index contributed by atoms with van der Waals surface area (Å²) in [4.78, 5) is 4.19. The number of rotatable bonds is 2. The number of aromatic nitrogens is 1. The van der Waals surface area contributed by atoms with E-state index >= 15 is 0 Å². The number of aliphatic hydroxyl groups excluding tert-OH is 1. The molecule has 1 aromatic heterocycles. The van der Waals surface area contributed by atoms with Gasteiger partial charge in [0.25, 0.3) is 0 Å². The molecule has 1 N–H and O–H groups in total. The van der Waals surface area contributed by atoms with Gasteiger partial charge in [0.2, 0.25) is 0 Å². The minimum Gasteiger partial charge on any atom is -0.392 e. The second kappa shape index (κ2) is 4.45. The van der Waals surface area contributed by atoms with E-state index in [0.29, 0.717) is 0 Å². The third kappa shape index (κ3) is 2.12. The van der Waals surface area contributed by atoms with E-state index in [1.807, 2.05) is 37.5 Å². The first-order valence-corrected chi connectivity index (χ1v) is 5.33. The molecule has 0 spiro atoms. The molecule has 0 unspecified atom stereocenters. The molecule has 1 aromatic carbocycles. The number of benzene rings is 1. The van der Waals surface area contributed by atoms with Gasteiger partial charge < -0.3 is 5.11 Å². The van der Waals surface area contributed by atoms with E-state index in [1.165, 1.54) is 5.56 Å². The highest BCUT2D eigenvalue weighted by atomic mass is 16.3. The molecule has 82 valence electrons. The molecule has 2 rings (SSSR count). The molecule has 0 aliphatic rings. The van der Waals surface area contributed by atoms with Crippen molar-refractivity contribution in [1.29, 1.82) is 0 Å². The fraction of sp³-hybridized carbons (Fsp3) is 0.214. The van der Waals surface area contributed by atoms with Gasteiger partial charge in [-0.25, -0.2) is 0 Å². The van der Waals surface area contributed by atoms with Gasteiger partial charge in [-0.2, -0.15) is 0 Å². The Hall–Kier alpha value is -1.67. The zero-order valence-electron chi connectivity index (χ0n) is 9.57. The van der Waals surface area contributed by atoms with Gasteiger partial charge in [-0.15, -0.1) is 0 Å². The number of hydrogen-bond donors (Lipinski definition) is 1. The lowest BCUT2D eigenvalue weighted by molar-refractivity contribution is 0.282. The quantitative estimate of drug-likeness (QED) is 0.832. The first-order valence-electron chi connectivity index (χ1n) is 5.33. The Bertz CT molecular complexity index is 506. The molecule has 2 heteroatoms. The predicted molar refractivity (Wildman–Crippen MR) is 65.1 cm³/mol. The third-order valence-electron chi connectivity index (χ3n) is 2.67. The van der Waals surface area contributed by atoms with Gasteiger partial charge >= 0.3 is 0 Å². The van der Waals surface area contributed by atoms with E-state index in [0.717, 1.165) is 22.3 Å². The molecule has 0 aliphatic carbocycles. The topological polar surface area (TPSA) is 33.1 Å². The normalized spacial score (nSPS) is 10.4. The highest BCUT2D eigenvalue weighted by Crippen LogP contribution is 2.24. The lowest BCUT2D eigenvalue weighted by atomic mass is 9.99. The van der Waals surface area contributed by atoms with Crippen LogP contribution in [0.15, 0.2) is 36.7 Å². The number of aliphatic hydroxyl groups is 1. The van der Waals surface area contributed by atoms with Crippen molar-refractivity contribution in [3.8, 4) is 11.1 Å². The monoisotopic (exact) mass is 213 g/mol. The number of pyridine rings is 1. The molecule has 0 saturated carbocycles. The summed E-state index contributed by atoms with van der Waals surface area (Å²) in [6.07, 6.45) is 3.70. The second-order valence-corrected chi connectivity index (χ2v) is 4.06. The molecule has 0 amide bonds. The highest BCUT2D eigenvalue weighted by Gasteiger charge is 2.03. The molecule has 16 heavy (non-hydrogen) atoms. The Balaban J connectivity index is 2.54. The third-order valence-corrected chi connectivity index (χ3v) is 2.67. The maximum Gasteiger partial charge on any atom is 0.0682 e. The van der Waals surface area contributed by atoms with Crippen molar-refractivity contribution in [1.82, 2.24) is 4.98 Å². The fourth-order valence-electron chi connectivity index (χ4n) is 1.78. The van der Waals surface area contributed by atoms with Gasteiger partial charge in [0, 0.05) is 18.0 Å². The van der Waals surface area contributed by atoms with Crippen LogP contribution in [0.1, 0.15) is 16.7 Å². The average Bonchev–Trinajstić information content (AvgIpc) is 2.30. The zero-order valence-corrected chi connectivity index (χ0v) is 9.57. The van der Waals surface area contributed by atoms with Gasteiger partial charge in [-0.1, -0.05) is 12.1 Å². The van der Waals surface area contributed by atoms with Crippen molar-refractivity contribution < 1.29 is 5.11 Å². The number of aryl methyl sites for hydroxylation is 2. The van der Waals surface area contributed by atoms with E-state index in [9.17, 15) is 0 Å². The molecular formula is C14H15NO. The van der Waals surface area contributed by atoms with Crippen molar-refractivity contribution in [2.45, 2.75) is 20.5 Å². The summed E-state index contributed by atoms with van der Waals surface area (Å²) < 4.78 is 0. The molecule has 0 saturated heterocycles. The van der Waals surface area contributed by atoms with Crippen molar-refractivity contribution in [2.75, 3.05) is 0 Å². The van der Waals surface area contributed by atoms with Gasteiger partial charge in [-0.05, 0) is 48.2 Å². The molecule has 0 bridgehead atoms. The highest BCUT2D eigenvalue weighted by molar-refractivity contribution is 5.67. The molecule has 0 fully saturated rings.